The predicted molar refractivity (Wildman–Crippen MR) is 77.8 cm³/mol. The molecule has 1 atom stereocenters. The molecule has 96 valence electrons. The van der Waals surface area contributed by atoms with Gasteiger partial charge < -0.3 is 5.32 Å². The number of thiophene rings is 1. The third-order valence-electron chi connectivity index (χ3n) is 2.97. The summed E-state index contributed by atoms with van der Waals surface area (Å²) in [5.41, 5.74) is 2.32. The lowest BCUT2D eigenvalue weighted by Gasteiger charge is -2.16. The summed E-state index contributed by atoms with van der Waals surface area (Å²) in [5.74, 6) is 0. The monoisotopic (exact) mass is 260 g/mol. The molecule has 3 heteroatoms. The van der Waals surface area contributed by atoms with E-state index in [1.54, 1.807) is 0 Å². The lowest BCUT2D eigenvalue weighted by atomic mass is 10.1. The first-order chi connectivity index (χ1) is 8.79. The van der Waals surface area contributed by atoms with E-state index in [-0.39, 0.29) is 0 Å². The van der Waals surface area contributed by atoms with Crippen LogP contribution in [0.25, 0.3) is 0 Å². The van der Waals surface area contributed by atoms with Gasteiger partial charge in [0.25, 0.3) is 0 Å². The quantitative estimate of drug-likeness (QED) is 0.846. The van der Waals surface area contributed by atoms with Crippen molar-refractivity contribution < 1.29 is 0 Å². The molecule has 0 bridgehead atoms. The number of aromatic nitrogens is 1. The molecule has 2 nitrogen and oxygen atoms in total. The Hall–Kier alpha value is -1.19. The van der Waals surface area contributed by atoms with Crippen LogP contribution in [-0.2, 0) is 6.54 Å². The zero-order valence-electron chi connectivity index (χ0n) is 11.0. The molecule has 2 aromatic heterocycles. The molecular weight excluding hydrogens is 240 g/mol. The van der Waals surface area contributed by atoms with Crippen LogP contribution >= 0.6 is 11.3 Å². The van der Waals surface area contributed by atoms with Gasteiger partial charge in [0.15, 0.2) is 0 Å². The highest BCUT2D eigenvalue weighted by atomic mass is 32.1. The van der Waals surface area contributed by atoms with Crippen LogP contribution in [-0.4, -0.2) is 4.98 Å². The van der Waals surface area contributed by atoms with E-state index in [9.17, 15) is 0 Å². The molecule has 0 amide bonds. The molecule has 0 aromatic carbocycles. The average Bonchev–Trinajstić information content (AvgIpc) is 2.90. The molecular formula is C15H20N2S. The lowest BCUT2D eigenvalue weighted by molar-refractivity contribution is 0.496. The maximum absolute atomic E-state index is 4.43. The summed E-state index contributed by atoms with van der Waals surface area (Å²) >= 11 is 1.83. The summed E-state index contributed by atoms with van der Waals surface area (Å²) < 4.78 is 0. The predicted octanol–water partition coefficient (Wildman–Crippen LogP) is 4.08. The molecule has 0 aliphatic carbocycles. The van der Waals surface area contributed by atoms with Crippen molar-refractivity contribution in [2.45, 2.75) is 39.3 Å². The normalized spacial score (nSPS) is 12.6. The Morgan fingerprint density at radius 1 is 1.33 bits per heavy atom. The number of pyridine rings is 1. The second-order valence-corrected chi connectivity index (χ2v) is 5.54. The van der Waals surface area contributed by atoms with Gasteiger partial charge >= 0.3 is 0 Å². The smallest absolute Gasteiger partial charge is 0.0542 e. The van der Waals surface area contributed by atoms with E-state index in [0.717, 1.165) is 12.2 Å². The van der Waals surface area contributed by atoms with Gasteiger partial charge in [0, 0.05) is 23.7 Å². The summed E-state index contributed by atoms with van der Waals surface area (Å²) in [5, 5.41) is 5.75. The van der Waals surface area contributed by atoms with E-state index in [2.05, 4.69) is 53.8 Å². The standard InChI is InChI=1S/C15H20N2S/c1-3-5-14(15-6-4-9-18-15)17-11-13-8-7-12(2)10-16-13/h4,6-10,14,17H,3,5,11H2,1-2H3. The van der Waals surface area contributed by atoms with Crippen molar-refractivity contribution in [3.05, 3.63) is 52.0 Å². The van der Waals surface area contributed by atoms with Gasteiger partial charge in [0.05, 0.1) is 5.69 Å². The Morgan fingerprint density at radius 3 is 2.83 bits per heavy atom. The number of nitrogens with one attached hydrogen (secondary N) is 1. The van der Waals surface area contributed by atoms with Gasteiger partial charge in [-0.15, -0.1) is 11.3 Å². The number of rotatable bonds is 6. The van der Waals surface area contributed by atoms with E-state index in [4.69, 9.17) is 0 Å². The minimum Gasteiger partial charge on any atom is -0.304 e. The fraction of sp³-hybridized carbons (Fsp3) is 0.400. The van der Waals surface area contributed by atoms with Gasteiger partial charge in [-0.3, -0.25) is 4.98 Å². The van der Waals surface area contributed by atoms with Crippen LogP contribution in [0.3, 0.4) is 0 Å². The first-order valence-corrected chi connectivity index (χ1v) is 7.36. The van der Waals surface area contributed by atoms with Crippen molar-refractivity contribution in [1.29, 1.82) is 0 Å². The third kappa shape index (κ3) is 3.65. The molecule has 0 spiro atoms. The Morgan fingerprint density at radius 2 is 2.22 bits per heavy atom. The summed E-state index contributed by atoms with van der Waals surface area (Å²) in [6, 6.07) is 9.00. The number of hydrogen-bond donors (Lipinski definition) is 1. The van der Waals surface area contributed by atoms with Gasteiger partial charge in [0.1, 0.15) is 0 Å². The highest BCUT2D eigenvalue weighted by Gasteiger charge is 2.10. The molecule has 1 unspecified atom stereocenters. The zero-order valence-corrected chi connectivity index (χ0v) is 11.8. The van der Waals surface area contributed by atoms with E-state index in [1.165, 1.54) is 23.3 Å². The van der Waals surface area contributed by atoms with Crippen molar-refractivity contribution >= 4 is 11.3 Å². The number of aryl methyl sites for hydroxylation is 1. The minimum atomic E-state index is 0.457. The Bertz CT molecular complexity index is 448. The van der Waals surface area contributed by atoms with Crippen molar-refractivity contribution in [2.24, 2.45) is 0 Å². The fourth-order valence-corrected chi connectivity index (χ4v) is 2.79. The van der Waals surface area contributed by atoms with E-state index in [0.29, 0.717) is 6.04 Å². The van der Waals surface area contributed by atoms with Gasteiger partial charge in [-0.2, -0.15) is 0 Å². The Balaban J connectivity index is 1.95. The largest absolute Gasteiger partial charge is 0.304 e. The number of hydrogen-bond acceptors (Lipinski definition) is 3. The molecule has 0 saturated heterocycles. The van der Waals surface area contributed by atoms with Crippen LogP contribution in [0.1, 0.15) is 41.9 Å². The van der Waals surface area contributed by atoms with Gasteiger partial charge in [-0.05, 0) is 36.4 Å². The van der Waals surface area contributed by atoms with Crippen LogP contribution in [0.5, 0.6) is 0 Å². The van der Waals surface area contributed by atoms with Gasteiger partial charge in [-0.25, -0.2) is 0 Å². The second kappa shape index (κ2) is 6.66. The first-order valence-electron chi connectivity index (χ1n) is 6.48. The van der Waals surface area contributed by atoms with E-state index < -0.39 is 0 Å². The molecule has 0 fully saturated rings. The molecule has 2 rings (SSSR count). The molecule has 0 aliphatic rings. The number of nitrogens with zero attached hydrogens (tertiary/aromatic N) is 1. The lowest BCUT2D eigenvalue weighted by Crippen LogP contribution is -2.20. The third-order valence-corrected chi connectivity index (χ3v) is 3.95. The SMILES string of the molecule is CCCC(NCc1ccc(C)cn1)c1cccs1. The molecule has 2 heterocycles. The van der Waals surface area contributed by atoms with Crippen molar-refractivity contribution in [3.63, 3.8) is 0 Å². The van der Waals surface area contributed by atoms with E-state index in [1.807, 2.05) is 17.5 Å². The van der Waals surface area contributed by atoms with Crippen LogP contribution < -0.4 is 5.32 Å². The highest BCUT2D eigenvalue weighted by Crippen LogP contribution is 2.23. The molecule has 0 saturated carbocycles. The fourth-order valence-electron chi connectivity index (χ4n) is 1.95. The van der Waals surface area contributed by atoms with Gasteiger partial charge in [-0.1, -0.05) is 25.5 Å². The first kappa shape index (κ1) is 13.2. The van der Waals surface area contributed by atoms with Crippen LogP contribution in [0.15, 0.2) is 35.8 Å². The molecule has 0 aliphatic heterocycles. The van der Waals surface area contributed by atoms with Gasteiger partial charge in [0.2, 0.25) is 0 Å². The van der Waals surface area contributed by atoms with Crippen molar-refractivity contribution in [3.8, 4) is 0 Å². The molecule has 2 aromatic rings. The van der Waals surface area contributed by atoms with Crippen LogP contribution in [0.4, 0.5) is 0 Å². The molecule has 1 N–H and O–H groups in total. The molecule has 0 radical (unpaired) electrons. The van der Waals surface area contributed by atoms with Crippen molar-refractivity contribution in [2.75, 3.05) is 0 Å². The average molecular weight is 260 g/mol. The van der Waals surface area contributed by atoms with Crippen molar-refractivity contribution in [1.82, 2.24) is 10.3 Å². The summed E-state index contributed by atoms with van der Waals surface area (Å²) in [6.07, 6.45) is 4.29. The molecule has 18 heavy (non-hydrogen) atoms. The highest BCUT2D eigenvalue weighted by molar-refractivity contribution is 7.10. The second-order valence-electron chi connectivity index (χ2n) is 4.56. The maximum atomic E-state index is 4.43. The summed E-state index contributed by atoms with van der Waals surface area (Å²) in [4.78, 5) is 5.85. The maximum Gasteiger partial charge on any atom is 0.0542 e. The topological polar surface area (TPSA) is 24.9 Å². The van der Waals surface area contributed by atoms with E-state index >= 15 is 0 Å². The zero-order chi connectivity index (χ0) is 12.8. The Labute approximate surface area is 113 Å². The summed E-state index contributed by atoms with van der Waals surface area (Å²) in [6.45, 7) is 5.13. The Kier molecular flexibility index (Phi) is 4.90. The van der Waals surface area contributed by atoms with Crippen LogP contribution in [0.2, 0.25) is 0 Å². The minimum absolute atomic E-state index is 0.457. The van der Waals surface area contributed by atoms with Crippen LogP contribution in [0, 0.1) is 6.92 Å². The summed E-state index contributed by atoms with van der Waals surface area (Å²) in [7, 11) is 0.